The molecule has 0 amide bonds. The number of benzene rings is 1. The van der Waals surface area contributed by atoms with Crippen molar-refractivity contribution in [3.05, 3.63) is 57.5 Å². The summed E-state index contributed by atoms with van der Waals surface area (Å²) in [5, 5.41) is 4.05. The molecule has 7 heteroatoms. The van der Waals surface area contributed by atoms with Gasteiger partial charge in [0.2, 0.25) is 11.1 Å². The van der Waals surface area contributed by atoms with Crippen molar-refractivity contribution in [1.82, 2.24) is 9.78 Å². The summed E-state index contributed by atoms with van der Waals surface area (Å²) in [6.07, 6.45) is 1.52. The summed E-state index contributed by atoms with van der Waals surface area (Å²) in [7, 11) is 0. The van der Waals surface area contributed by atoms with Crippen molar-refractivity contribution in [3.8, 4) is 5.69 Å². The van der Waals surface area contributed by atoms with Crippen LogP contribution in [0.3, 0.4) is 0 Å². The Bertz CT molecular complexity index is 809. The van der Waals surface area contributed by atoms with Crippen LogP contribution in [0.25, 0.3) is 5.69 Å². The van der Waals surface area contributed by atoms with Crippen LogP contribution in [0.2, 0.25) is 0 Å². The van der Waals surface area contributed by atoms with Gasteiger partial charge in [0.1, 0.15) is 0 Å². The Morgan fingerprint density at radius 3 is 2.21 bits per heavy atom. The van der Waals surface area contributed by atoms with Gasteiger partial charge in [0.15, 0.2) is 0 Å². The van der Waals surface area contributed by atoms with E-state index < -0.39 is 17.4 Å². The molecule has 0 aliphatic rings. The van der Waals surface area contributed by atoms with Crippen LogP contribution in [0.4, 0.5) is 0 Å². The Morgan fingerprint density at radius 2 is 1.62 bits per heavy atom. The van der Waals surface area contributed by atoms with E-state index in [9.17, 15) is 14.4 Å². The van der Waals surface area contributed by atoms with Gasteiger partial charge in [-0.05, 0) is 45.0 Å². The molecular weight excluding hydrogens is 312 g/mol. The van der Waals surface area contributed by atoms with Crippen LogP contribution in [0.5, 0.6) is 0 Å². The standard InChI is InChI=1S/C17H18N2O5/c1-4-23-16(21)12-6-8-13(9-7-12)19-10-11(3)15(20)14(18-19)17(22)24-5-2/h6-10H,4-5H2,1-3H3. The minimum absolute atomic E-state index is 0.155. The molecule has 0 fully saturated rings. The molecule has 2 rings (SSSR count). The lowest BCUT2D eigenvalue weighted by Crippen LogP contribution is -2.25. The van der Waals surface area contributed by atoms with E-state index in [1.54, 1.807) is 45.0 Å². The zero-order chi connectivity index (χ0) is 17.7. The van der Waals surface area contributed by atoms with Gasteiger partial charge < -0.3 is 9.47 Å². The lowest BCUT2D eigenvalue weighted by Gasteiger charge is -2.09. The first kappa shape index (κ1) is 17.4. The number of hydrogen-bond acceptors (Lipinski definition) is 6. The molecular formula is C17H18N2O5. The second-order valence-electron chi connectivity index (χ2n) is 4.92. The molecule has 0 aliphatic carbocycles. The number of carbonyl (C=O) groups is 2. The zero-order valence-corrected chi connectivity index (χ0v) is 13.7. The van der Waals surface area contributed by atoms with Gasteiger partial charge in [-0.3, -0.25) is 4.79 Å². The minimum Gasteiger partial charge on any atom is -0.462 e. The van der Waals surface area contributed by atoms with Crippen molar-refractivity contribution < 1.29 is 19.1 Å². The summed E-state index contributed by atoms with van der Waals surface area (Å²) < 4.78 is 11.2. The van der Waals surface area contributed by atoms with E-state index in [2.05, 4.69) is 5.10 Å². The first-order valence-electron chi connectivity index (χ1n) is 7.53. The molecule has 0 radical (unpaired) electrons. The van der Waals surface area contributed by atoms with E-state index >= 15 is 0 Å². The molecule has 24 heavy (non-hydrogen) atoms. The van der Waals surface area contributed by atoms with Crippen molar-refractivity contribution in [2.75, 3.05) is 13.2 Å². The van der Waals surface area contributed by atoms with Gasteiger partial charge in [0.05, 0.1) is 24.5 Å². The average molecular weight is 330 g/mol. The summed E-state index contributed by atoms with van der Waals surface area (Å²) in [5.41, 5.74) is 0.627. The van der Waals surface area contributed by atoms with Crippen LogP contribution in [0, 0.1) is 6.92 Å². The maximum Gasteiger partial charge on any atom is 0.362 e. The summed E-state index contributed by atoms with van der Waals surface area (Å²) >= 11 is 0. The molecule has 0 atom stereocenters. The predicted octanol–water partition coefficient (Wildman–Crippen LogP) is 1.89. The highest BCUT2D eigenvalue weighted by atomic mass is 16.5. The summed E-state index contributed by atoms with van der Waals surface area (Å²) in [5.74, 6) is -1.18. The molecule has 1 aromatic carbocycles. The number of nitrogens with zero attached hydrogens (tertiary/aromatic N) is 2. The maximum atomic E-state index is 12.0. The second-order valence-corrected chi connectivity index (χ2v) is 4.92. The van der Waals surface area contributed by atoms with Crippen molar-refractivity contribution in [3.63, 3.8) is 0 Å². The van der Waals surface area contributed by atoms with Crippen LogP contribution in [0.1, 0.15) is 40.3 Å². The second kappa shape index (κ2) is 7.54. The Balaban J connectivity index is 2.40. The number of ether oxygens (including phenoxy) is 2. The van der Waals surface area contributed by atoms with Crippen molar-refractivity contribution >= 4 is 11.9 Å². The largest absolute Gasteiger partial charge is 0.462 e. The van der Waals surface area contributed by atoms with Gasteiger partial charge in [0.25, 0.3) is 0 Å². The lowest BCUT2D eigenvalue weighted by molar-refractivity contribution is 0.0510. The van der Waals surface area contributed by atoms with Gasteiger partial charge in [-0.2, -0.15) is 5.10 Å². The van der Waals surface area contributed by atoms with Gasteiger partial charge in [-0.15, -0.1) is 0 Å². The van der Waals surface area contributed by atoms with Crippen LogP contribution in [-0.2, 0) is 9.47 Å². The zero-order valence-electron chi connectivity index (χ0n) is 13.7. The highest BCUT2D eigenvalue weighted by Gasteiger charge is 2.17. The van der Waals surface area contributed by atoms with Crippen molar-refractivity contribution in [2.45, 2.75) is 20.8 Å². The quantitative estimate of drug-likeness (QED) is 0.778. The van der Waals surface area contributed by atoms with E-state index in [-0.39, 0.29) is 12.3 Å². The van der Waals surface area contributed by atoms with Gasteiger partial charge >= 0.3 is 11.9 Å². The van der Waals surface area contributed by atoms with Crippen LogP contribution < -0.4 is 5.43 Å². The topological polar surface area (TPSA) is 87.5 Å². The molecule has 0 bridgehead atoms. The predicted molar refractivity (Wildman–Crippen MR) is 86.5 cm³/mol. The number of hydrogen-bond donors (Lipinski definition) is 0. The number of rotatable bonds is 5. The minimum atomic E-state index is -0.761. The number of aryl methyl sites for hydroxylation is 1. The van der Waals surface area contributed by atoms with E-state index in [1.807, 2.05) is 0 Å². The molecule has 0 N–H and O–H groups in total. The van der Waals surface area contributed by atoms with E-state index in [1.165, 1.54) is 10.9 Å². The molecule has 0 aliphatic heterocycles. The third kappa shape index (κ3) is 3.68. The SMILES string of the molecule is CCOC(=O)c1ccc(-n2cc(C)c(=O)c(C(=O)OCC)n2)cc1. The molecule has 2 aromatic rings. The number of aromatic nitrogens is 2. The van der Waals surface area contributed by atoms with E-state index in [0.29, 0.717) is 23.4 Å². The smallest absolute Gasteiger partial charge is 0.362 e. The van der Waals surface area contributed by atoms with Gasteiger partial charge in [-0.1, -0.05) is 0 Å². The first-order chi connectivity index (χ1) is 11.5. The fourth-order valence-corrected chi connectivity index (χ4v) is 2.04. The van der Waals surface area contributed by atoms with Crippen molar-refractivity contribution in [1.29, 1.82) is 0 Å². The maximum absolute atomic E-state index is 12.0. The van der Waals surface area contributed by atoms with Crippen molar-refractivity contribution in [2.24, 2.45) is 0 Å². The Morgan fingerprint density at radius 1 is 1.04 bits per heavy atom. The van der Waals surface area contributed by atoms with E-state index in [0.717, 1.165) is 0 Å². The third-order valence-electron chi connectivity index (χ3n) is 3.21. The molecule has 126 valence electrons. The van der Waals surface area contributed by atoms with Gasteiger partial charge in [0, 0.05) is 11.8 Å². The highest BCUT2D eigenvalue weighted by molar-refractivity contribution is 5.89. The summed E-state index contributed by atoms with van der Waals surface area (Å²) in [6, 6.07) is 6.48. The van der Waals surface area contributed by atoms with E-state index in [4.69, 9.17) is 9.47 Å². The van der Waals surface area contributed by atoms with Crippen LogP contribution >= 0.6 is 0 Å². The Kier molecular flexibility index (Phi) is 5.47. The highest BCUT2D eigenvalue weighted by Crippen LogP contribution is 2.10. The molecule has 0 saturated carbocycles. The third-order valence-corrected chi connectivity index (χ3v) is 3.21. The molecule has 0 unspecified atom stereocenters. The van der Waals surface area contributed by atoms with Gasteiger partial charge in [-0.25, -0.2) is 14.3 Å². The molecule has 7 nitrogen and oxygen atoms in total. The number of carbonyl (C=O) groups excluding carboxylic acids is 2. The average Bonchev–Trinajstić information content (AvgIpc) is 2.57. The number of esters is 2. The molecule has 1 aromatic heterocycles. The first-order valence-corrected chi connectivity index (χ1v) is 7.53. The van der Waals surface area contributed by atoms with Crippen LogP contribution in [-0.4, -0.2) is 34.9 Å². The fourth-order valence-electron chi connectivity index (χ4n) is 2.04. The normalized spacial score (nSPS) is 10.3. The summed E-state index contributed by atoms with van der Waals surface area (Å²) in [4.78, 5) is 35.6. The van der Waals surface area contributed by atoms with Crippen LogP contribution in [0.15, 0.2) is 35.3 Å². The summed E-state index contributed by atoms with van der Waals surface area (Å²) in [6.45, 7) is 5.43. The Hall–Kier alpha value is -2.96. The lowest BCUT2D eigenvalue weighted by atomic mass is 10.2. The fraction of sp³-hybridized carbons (Fsp3) is 0.294. The Labute approximate surface area is 138 Å². The monoisotopic (exact) mass is 330 g/mol. The molecule has 0 spiro atoms. The molecule has 0 saturated heterocycles. The molecule has 1 heterocycles.